The van der Waals surface area contributed by atoms with Gasteiger partial charge in [0.2, 0.25) is 35.2 Å². The second-order valence-corrected chi connectivity index (χ2v) is 35.1. The van der Waals surface area contributed by atoms with Crippen LogP contribution in [0.2, 0.25) is 0 Å². The monoisotopic (exact) mass is 1560 g/mol. The molecule has 7 saturated heterocycles. The summed E-state index contributed by atoms with van der Waals surface area (Å²) >= 11 is 0. The third-order valence-corrected chi connectivity index (χ3v) is 28.4. The van der Waals surface area contributed by atoms with Crippen molar-refractivity contribution in [2.75, 3.05) is 0 Å². The second-order valence-electron chi connectivity index (χ2n) is 35.1. The summed E-state index contributed by atoms with van der Waals surface area (Å²) in [6, 6.07) is 0. The number of aliphatic hydroxyl groups is 2. The van der Waals surface area contributed by atoms with Gasteiger partial charge in [0.1, 0.15) is 17.8 Å². The van der Waals surface area contributed by atoms with Crippen LogP contribution in [0.5, 0.6) is 0 Å². The molecule has 16 rings (SSSR count). The average molecular weight is 1560 g/mol. The van der Waals surface area contributed by atoms with Gasteiger partial charge in [-0.3, -0.25) is 9.59 Å². The number of esters is 2. The average Bonchev–Trinajstić information content (AvgIpc) is 1.68. The number of carbonyl (C=O) groups is 3. The fourth-order valence-electron chi connectivity index (χ4n) is 22.0. The summed E-state index contributed by atoms with van der Waals surface area (Å²) in [5.41, 5.74) is 5.17. The first-order valence-electron chi connectivity index (χ1n) is 38.4. The Bertz CT molecular complexity index is 2730. The molecular weight excluding hydrogens is 1430 g/mol. The van der Waals surface area contributed by atoms with Crippen molar-refractivity contribution in [3.05, 3.63) is 17.9 Å². The topological polar surface area (TPSA) is 254 Å². The Morgan fingerprint density at radius 1 is 0.634 bits per heavy atom. The number of aliphatic hydroxyl groups excluding tert-OH is 1. The number of amides is 1. The van der Waals surface area contributed by atoms with Gasteiger partial charge in [-0.15, -0.1) is 0 Å². The fourth-order valence-corrected chi connectivity index (χ4v) is 22.0. The smallest absolute Gasteiger partial charge is 0.311 e. The van der Waals surface area contributed by atoms with E-state index in [2.05, 4.69) is 48.5 Å². The molecule has 1 radical (unpaired) electrons. The SMILES string of the molecule is C.C.C.CC(=O)O[C@H]1CC2C(C3CCC(C(C)CCC([NH-])=O)[C@]31C)[C@H](C)C[C@@H]1CC3(CC[C@]21C)OOC1(CCCCC1)OO3.CC(C)(O)[C@@H](O)/C=C/[C@@]1(C)OOC2CCCC1C2.C[C@@H]1CCCCC12OOC1(CCCC[C@@H]1C)OO2.C[C@@H]1CC[C@H]2[C@@H](C)C(=O)O[C@@H]3O[C@]4(C)CC[C@@H]1[C@]32OO4.[Pm]. The molecule has 23 atom stereocenters. The largest absolute Gasteiger partial charge is 0.668 e. The number of ether oxygens (including phenoxy) is 3. The summed E-state index contributed by atoms with van der Waals surface area (Å²) < 4.78 is 17.9. The fraction of sp³-hybridized carbons (Fsp3) is 0.937. The molecule has 16 fully saturated rings. The normalized spacial score (nSPS) is 43.7. The van der Waals surface area contributed by atoms with Crippen molar-refractivity contribution in [3.8, 4) is 0 Å². The van der Waals surface area contributed by atoms with Crippen molar-refractivity contribution in [3.63, 3.8) is 0 Å². The first kappa shape index (κ1) is 85.5. The number of hydrogen-bond acceptors (Lipinski definition) is 20. The minimum atomic E-state index is -1.14. The van der Waals surface area contributed by atoms with Crippen LogP contribution in [-0.4, -0.2) is 98.4 Å². The molecule has 9 saturated carbocycles. The molecule has 9 aliphatic carbocycles. The molecule has 22 heteroatoms. The zero-order valence-corrected chi connectivity index (χ0v) is 64.3. The zero-order chi connectivity index (χ0) is 69.4. The quantitative estimate of drug-likeness (QED) is 0.130. The molecule has 21 nitrogen and oxygen atoms in total. The van der Waals surface area contributed by atoms with E-state index in [1.807, 2.05) is 26.8 Å². The predicted molar refractivity (Wildman–Crippen MR) is 372 cm³/mol. The zero-order valence-electron chi connectivity index (χ0n) is 61.5. The third-order valence-electron chi connectivity index (χ3n) is 28.4. The summed E-state index contributed by atoms with van der Waals surface area (Å²) in [4.78, 5) is 106. The molecule has 101 heavy (non-hydrogen) atoms. The van der Waals surface area contributed by atoms with Crippen LogP contribution in [0.4, 0.5) is 0 Å². The molecule has 1 amide bonds. The van der Waals surface area contributed by atoms with Gasteiger partial charge in [-0.05, 0) is 208 Å². The predicted octanol–water partition coefficient (Wildman–Crippen LogP) is 17.7. The van der Waals surface area contributed by atoms with Gasteiger partial charge in [-0.1, -0.05) is 116 Å². The van der Waals surface area contributed by atoms with E-state index in [0.29, 0.717) is 77.4 Å². The van der Waals surface area contributed by atoms with Crippen molar-refractivity contribution in [1.29, 1.82) is 0 Å². The van der Waals surface area contributed by atoms with Gasteiger partial charge in [0.15, 0.2) is 5.60 Å². The summed E-state index contributed by atoms with van der Waals surface area (Å²) in [6.45, 7) is 26.6. The number of fused-ring (bicyclic) bond motifs is 9. The van der Waals surface area contributed by atoms with E-state index in [0.717, 1.165) is 167 Å². The summed E-state index contributed by atoms with van der Waals surface area (Å²) in [5.74, 6) is 0.477. The molecule has 5 spiro atoms. The number of carbonyl (C=O) groups excluding carboxylic acids is 3. The van der Waals surface area contributed by atoms with Crippen molar-refractivity contribution in [2.24, 2.45) is 93.7 Å². The van der Waals surface area contributed by atoms with Gasteiger partial charge in [0.05, 0.1) is 17.6 Å². The van der Waals surface area contributed by atoms with E-state index in [9.17, 15) is 24.6 Å². The van der Waals surface area contributed by atoms with Crippen LogP contribution < -0.4 is 0 Å². The van der Waals surface area contributed by atoms with E-state index < -0.39 is 64.0 Å². The maximum absolute atomic E-state index is 12.5. The molecule has 4 bridgehead atoms. The second kappa shape index (κ2) is 33.2. The van der Waals surface area contributed by atoms with E-state index in [4.69, 9.17) is 78.6 Å². The van der Waals surface area contributed by atoms with Crippen molar-refractivity contribution < 1.29 is 138 Å². The van der Waals surface area contributed by atoms with Crippen molar-refractivity contribution in [2.45, 2.75) is 375 Å². The molecule has 7 unspecified atom stereocenters. The van der Waals surface area contributed by atoms with Crippen molar-refractivity contribution >= 4 is 17.8 Å². The summed E-state index contributed by atoms with van der Waals surface area (Å²) in [7, 11) is 0. The van der Waals surface area contributed by atoms with Crippen LogP contribution in [0.3, 0.4) is 0 Å². The molecule has 0 aromatic heterocycles. The van der Waals surface area contributed by atoms with Crippen LogP contribution in [0, 0.1) is 134 Å². The molecule has 581 valence electrons. The van der Waals surface area contributed by atoms with Crippen molar-refractivity contribution in [1.82, 2.24) is 0 Å². The van der Waals surface area contributed by atoms with E-state index in [1.54, 1.807) is 26.8 Å². The molecule has 0 aromatic rings. The van der Waals surface area contributed by atoms with Crippen LogP contribution in [0.15, 0.2) is 12.2 Å². The number of hydrogen-bond donors (Lipinski definition) is 2. The van der Waals surface area contributed by atoms with Crippen LogP contribution in [0.1, 0.15) is 305 Å². The van der Waals surface area contributed by atoms with E-state index in [1.165, 1.54) is 19.3 Å². The Balaban J connectivity index is 0.000000182. The third kappa shape index (κ3) is 16.7. The van der Waals surface area contributed by atoms with E-state index >= 15 is 0 Å². The maximum Gasteiger partial charge on any atom is 0.311 e. The van der Waals surface area contributed by atoms with Gasteiger partial charge >= 0.3 is 11.9 Å². The molecular formula is C79H134NO20Pm-. The molecule has 7 aliphatic heterocycles. The minimum Gasteiger partial charge on any atom is -0.668 e. The first-order valence-corrected chi connectivity index (χ1v) is 38.4. The summed E-state index contributed by atoms with van der Waals surface area (Å²) in [6.07, 6.45) is 31.6. The van der Waals surface area contributed by atoms with E-state index in [-0.39, 0.29) is 109 Å². The Morgan fingerprint density at radius 3 is 1.85 bits per heavy atom. The number of nitrogens with one attached hydrogen (secondary N) is 1. The van der Waals surface area contributed by atoms with Gasteiger partial charge in [0, 0.05) is 127 Å². The molecule has 7 heterocycles. The Kier molecular flexibility index (Phi) is 28.1. The Labute approximate surface area is 638 Å². The molecule has 0 aromatic carbocycles. The van der Waals surface area contributed by atoms with Gasteiger partial charge in [-0.25, -0.2) is 19.6 Å². The van der Waals surface area contributed by atoms with Crippen LogP contribution in [0.25, 0.3) is 5.73 Å². The Morgan fingerprint density at radius 2 is 1.25 bits per heavy atom. The molecule has 16 aliphatic rings. The maximum atomic E-state index is 12.5. The minimum absolute atomic E-state index is 0. The molecule has 3 N–H and O–H groups in total. The van der Waals surface area contributed by atoms with Crippen LogP contribution in [-0.2, 0) is 87.2 Å². The first-order chi connectivity index (χ1) is 45.9. The Hall–Kier alpha value is -1.11. The standard InChI is InChI=1S/C33H53NO7.C15H22O5.2C14H24O4.3CH4.Pm/c1-20(9-12-28(34)36)24-10-11-25-29-21(2)17-23-19-33(40-38-32(39-41-33)13-7-6-8-14-32)16-15-30(23,4)26(29)18-27(31(24,25)5)37-22(3)35;1-8-4-5-11-9(2)12(16)17-13-15(11)10(8)6-7-14(3,18-13)19-20-15;1-11-7-3-5-9-13(11)15-17-14(18-16-13)10-6-4-8-12(14)2;1-13(2,16)12(15)7-8-14(3)10-5-4-6-11(9-10)17-18-14;;;;/h20-21,23-27,29H,6-19H2,1-5H3,(H2,34,36);8-11,13H,4-7H2,1-3H3;11-12H,3-10H2,1-2H3;7-8,10-12,15-16H,4-6,9H2,1-3H3;3*1H4;/p-1/b;;;8-7+;;;;/t20?,21-,23-,24?,25?,26?,27+,29?,30+,31-;8-,9-,10+,11+,13-,14+,15-;11-,12+,13?,14?;10?,11?,12-,14+;;;;/m11.0..../s1. The van der Waals surface area contributed by atoms with Gasteiger partial charge < -0.3 is 35.0 Å². The summed E-state index contributed by atoms with van der Waals surface area (Å²) in [5, 5.41) is 19.5. The number of rotatable bonds is 8. The van der Waals surface area contributed by atoms with Crippen LogP contribution >= 0.6 is 0 Å². The van der Waals surface area contributed by atoms with Gasteiger partial charge in [-0.2, -0.15) is 39.1 Å². The van der Waals surface area contributed by atoms with Gasteiger partial charge in [0.25, 0.3) is 0 Å².